The lowest BCUT2D eigenvalue weighted by Gasteiger charge is -2.26. The van der Waals surface area contributed by atoms with Gasteiger partial charge in [0.05, 0.1) is 18.8 Å². The number of benzene rings is 1. The van der Waals surface area contributed by atoms with Crippen LogP contribution in [0.2, 0.25) is 0 Å². The summed E-state index contributed by atoms with van der Waals surface area (Å²) in [6.07, 6.45) is 0.635. The van der Waals surface area contributed by atoms with Gasteiger partial charge in [0.1, 0.15) is 11.8 Å². The minimum atomic E-state index is -0.978. The molecule has 5 heteroatoms. The number of fused-ring (bicyclic) bond motifs is 1. The Morgan fingerprint density at radius 3 is 2.94 bits per heavy atom. The van der Waals surface area contributed by atoms with Crippen molar-refractivity contribution in [1.82, 2.24) is 0 Å². The molecule has 2 atom stereocenters. The summed E-state index contributed by atoms with van der Waals surface area (Å²) in [6.45, 7) is 0. The Morgan fingerprint density at radius 2 is 2.35 bits per heavy atom. The van der Waals surface area contributed by atoms with E-state index in [9.17, 15) is 4.79 Å². The maximum absolute atomic E-state index is 11.0. The Morgan fingerprint density at radius 1 is 1.65 bits per heavy atom. The van der Waals surface area contributed by atoms with Gasteiger partial charge in [-0.1, -0.05) is 12.1 Å². The zero-order valence-corrected chi connectivity index (χ0v) is 9.88. The highest BCUT2D eigenvalue weighted by Crippen LogP contribution is 2.39. The fourth-order valence-electron chi connectivity index (χ4n) is 2.36. The largest absolute Gasteiger partial charge is 0.495 e. The number of nitrogens with two attached hydrogens (primary N) is 1. The molecular weight excluding hydrogens is 220 g/mol. The third-order valence-corrected chi connectivity index (χ3v) is 3.28. The summed E-state index contributed by atoms with van der Waals surface area (Å²) < 4.78 is 5.29. The molecule has 0 saturated heterocycles. The minimum Gasteiger partial charge on any atom is -0.495 e. The van der Waals surface area contributed by atoms with Gasteiger partial charge in [-0.3, -0.25) is 4.79 Å². The quantitative estimate of drug-likeness (QED) is 0.797. The van der Waals surface area contributed by atoms with E-state index in [1.165, 1.54) is 0 Å². The van der Waals surface area contributed by atoms with Crippen LogP contribution < -0.4 is 15.4 Å². The lowest BCUT2D eigenvalue weighted by Crippen LogP contribution is -2.49. The average Bonchev–Trinajstić information content (AvgIpc) is 2.65. The number of anilines is 1. The van der Waals surface area contributed by atoms with Crippen molar-refractivity contribution in [2.24, 2.45) is 5.73 Å². The van der Waals surface area contributed by atoms with Crippen molar-refractivity contribution in [1.29, 1.82) is 0 Å². The summed E-state index contributed by atoms with van der Waals surface area (Å²) >= 11 is 0. The fraction of sp³-hybridized carbons (Fsp3) is 0.417. The molecule has 1 aliphatic rings. The molecule has 0 radical (unpaired) electrons. The Kier molecular flexibility index (Phi) is 2.93. The Labute approximate surface area is 99.8 Å². The van der Waals surface area contributed by atoms with Crippen molar-refractivity contribution in [2.45, 2.75) is 18.5 Å². The maximum Gasteiger partial charge on any atom is 0.322 e. The second-order valence-electron chi connectivity index (χ2n) is 4.21. The Hall–Kier alpha value is -1.75. The third-order valence-electron chi connectivity index (χ3n) is 3.28. The molecule has 0 bridgehead atoms. The fourth-order valence-corrected chi connectivity index (χ4v) is 2.36. The lowest BCUT2D eigenvalue weighted by molar-refractivity contribution is -0.139. The van der Waals surface area contributed by atoms with Crippen LogP contribution in [0.5, 0.6) is 5.75 Å². The van der Waals surface area contributed by atoms with Gasteiger partial charge in [-0.2, -0.15) is 0 Å². The van der Waals surface area contributed by atoms with Crippen LogP contribution in [0.25, 0.3) is 0 Å². The molecular formula is C12H16N2O3. The first-order valence-electron chi connectivity index (χ1n) is 5.43. The molecule has 1 aromatic carbocycles. The van der Waals surface area contributed by atoms with E-state index < -0.39 is 12.0 Å². The van der Waals surface area contributed by atoms with Crippen LogP contribution in [0.1, 0.15) is 5.56 Å². The highest BCUT2D eigenvalue weighted by Gasteiger charge is 2.36. The number of para-hydroxylation sites is 1. The Bertz CT molecular complexity index is 447. The summed E-state index contributed by atoms with van der Waals surface area (Å²) in [7, 11) is 3.45. The van der Waals surface area contributed by atoms with Crippen molar-refractivity contribution in [3.8, 4) is 5.75 Å². The van der Waals surface area contributed by atoms with E-state index in [0.717, 1.165) is 17.0 Å². The number of methoxy groups -OCH3 is 1. The molecule has 0 amide bonds. The predicted molar refractivity (Wildman–Crippen MR) is 64.5 cm³/mol. The highest BCUT2D eigenvalue weighted by molar-refractivity contribution is 5.78. The van der Waals surface area contributed by atoms with Gasteiger partial charge in [0, 0.05) is 7.05 Å². The number of rotatable bonds is 3. The van der Waals surface area contributed by atoms with Gasteiger partial charge >= 0.3 is 5.97 Å². The summed E-state index contributed by atoms with van der Waals surface area (Å²) in [5, 5.41) is 8.98. The lowest BCUT2D eigenvalue weighted by atomic mass is 10.0. The molecule has 1 heterocycles. The second kappa shape index (κ2) is 4.25. The van der Waals surface area contributed by atoms with E-state index in [2.05, 4.69) is 0 Å². The number of ether oxygens (including phenoxy) is 1. The van der Waals surface area contributed by atoms with Gasteiger partial charge in [0.25, 0.3) is 0 Å². The second-order valence-corrected chi connectivity index (χ2v) is 4.21. The summed E-state index contributed by atoms with van der Waals surface area (Å²) in [6, 6.07) is 4.63. The smallest absolute Gasteiger partial charge is 0.322 e. The van der Waals surface area contributed by atoms with Crippen molar-refractivity contribution in [3.63, 3.8) is 0 Å². The molecule has 0 saturated carbocycles. The molecule has 1 aliphatic heterocycles. The first-order chi connectivity index (χ1) is 8.06. The van der Waals surface area contributed by atoms with E-state index in [-0.39, 0.29) is 6.04 Å². The average molecular weight is 236 g/mol. The van der Waals surface area contributed by atoms with Gasteiger partial charge < -0.3 is 20.5 Å². The van der Waals surface area contributed by atoms with Gasteiger partial charge in [-0.05, 0) is 18.1 Å². The van der Waals surface area contributed by atoms with E-state index in [4.69, 9.17) is 15.6 Å². The molecule has 0 aliphatic carbocycles. The molecule has 3 N–H and O–H groups in total. The molecule has 2 unspecified atom stereocenters. The maximum atomic E-state index is 11.0. The van der Waals surface area contributed by atoms with Crippen molar-refractivity contribution in [3.05, 3.63) is 23.8 Å². The summed E-state index contributed by atoms with van der Waals surface area (Å²) in [5.41, 5.74) is 7.72. The van der Waals surface area contributed by atoms with E-state index >= 15 is 0 Å². The standard InChI is InChI=1S/C12H16N2O3/c1-14-8(10(13)12(15)16)6-7-4-3-5-9(17-2)11(7)14/h3-5,8,10H,6,13H2,1-2H3,(H,15,16). The number of hydrogen-bond acceptors (Lipinski definition) is 4. The molecule has 1 aromatic rings. The number of carbonyl (C=O) groups is 1. The van der Waals surface area contributed by atoms with Gasteiger partial charge in [0.2, 0.25) is 0 Å². The minimum absolute atomic E-state index is 0.223. The van der Waals surface area contributed by atoms with Crippen LogP contribution in [0, 0.1) is 0 Å². The molecule has 92 valence electrons. The summed E-state index contributed by atoms with van der Waals surface area (Å²) in [5.74, 6) is -0.223. The van der Waals surface area contributed by atoms with Crippen molar-refractivity contribution >= 4 is 11.7 Å². The summed E-state index contributed by atoms with van der Waals surface area (Å²) in [4.78, 5) is 12.9. The van der Waals surface area contributed by atoms with E-state index in [1.54, 1.807) is 7.11 Å². The predicted octanol–water partition coefficient (Wildman–Crippen LogP) is 0.468. The number of carboxylic acid groups (broad SMARTS) is 1. The van der Waals surface area contributed by atoms with Crippen LogP contribution in [0.3, 0.4) is 0 Å². The number of carboxylic acids is 1. The van der Waals surface area contributed by atoms with E-state index in [0.29, 0.717) is 6.42 Å². The zero-order chi connectivity index (χ0) is 12.6. The highest BCUT2D eigenvalue weighted by atomic mass is 16.5. The van der Waals surface area contributed by atoms with Gasteiger partial charge in [0.15, 0.2) is 0 Å². The van der Waals surface area contributed by atoms with Crippen LogP contribution >= 0.6 is 0 Å². The van der Waals surface area contributed by atoms with Crippen molar-refractivity contribution < 1.29 is 14.6 Å². The molecule has 2 rings (SSSR count). The number of nitrogens with zero attached hydrogens (tertiary/aromatic N) is 1. The van der Waals surface area contributed by atoms with Gasteiger partial charge in [-0.25, -0.2) is 0 Å². The first-order valence-corrected chi connectivity index (χ1v) is 5.43. The van der Waals surface area contributed by atoms with Crippen LogP contribution in [-0.4, -0.2) is 37.3 Å². The number of aliphatic carboxylic acids is 1. The first kappa shape index (κ1) is 11.7. The van der Waals surface area contributed by atoms with E-state index in [1.807, 2.05) is 30.1 Å². The Balaban J connectivity index is 2.35. The van der Waals surface area contributed by atoms with Crippen LogP contribution in [-0.2, 0) is 11.2 Å². The molecule has 17 heavy (non-hydrogen) atoms. The topological polar surface area (TPSA) is 75.8 Å². The SMILES string of the molecule is COc1cccc2c1N(C)C(C(N)C(=O)O)C2. The van der Waals surface area contributed by atoms with Crippen LogP contribution in [0.4, 0.5) is 5.69 Å². The third kappa shape index (κ3) is 1.82. The van der Waals surface area contributed by atoms with Crippen molar-refractivity contribution in [2.75, 3.05) is 19.1 Å². The monoisotopic (exact) mass is 236 g/mol. The van der Waals surface area contributed by atoms with Gasteiger partial charge in [-0.15, -0.1) is 0 Å². The number of hydrogen-bond donors (Lipinski definition) is 2. The van der Waals surface area contributed by atoms with Crippen LogP contribution in [0.15, 0.2) is 18.2 Å². The number of likely N-dealkylation sites (N-methyl/N-ethyl adjacent to an activating group) is 1. The molecule has 0 spiro atoms. The molecule has 5 nitrogen and oxygen atoms in total. The molecule has 0 fully saturated rings. The molecule has 0 aromatic heterocycles. The zero-order valence-electron chi connectivity index (χ0n) is 9.88. The normalized spacial score (nSPS) is 19.9.